The number of hydrogen-bond donors (Lipinski definition) is 1. The highest BCUT2D eigenvalue weighted by atomic mass is 16.5. The molecule has 2 aliphatic rings. The highest BCUT2D eigenvalue weighted by molar-refractivity contribution is 6.07. The second-order valence-corrected chi connectivity index (χ2v) is 7.66. The SMILES string of the molecule is CN1[C@@H]2COC[C@H]1CC(NC(=O)c1cn(-c3cccnn3)c3ccccc13)C2. The summed E-state index contributed by atoms with van der Waals surface area (Å²) in [6.07, 6.45) is 5.34. The molecule has 4 heterocycles. The number of rotatable bonds is 3. The number of aromatic nitrogens is 3. The van der Waals surface area contributed by atoms with Gasteiger partial charge < -0.3 is 10.1 Å². The lowest BCUT2D eigenvalue weighted by Crippen LogP contribution is -2.59. The number of carbonyl (C=O) groups is 1. The minimum Gasteiger partial charge on any atom is -0.378 e. The van der Waals surface area contributed by atoms with Crippen LogP contribution in [0.1, 0.15) is 23.2 Å². The first-order chi connectivity index (χ1) is 13.7. The third kappa shape index (κ3) is 2.96. The van der Waals surface area contributed by atoms with Crippen molar-refractivity contribution in [1.29, 1.82) is 0 Å². The van der Waals surface area contributed by atoms with E-state index < -0.39 is 0 Å². The lowest BCUT2D eigenvalue weighted by Gasteiger charge is -2.46. The van der Waals surface area contributed by atoms with Crippen molar-refractivity contribution in [2.75, 3.05) is 20.3 Å². The molecule has 1 N–H and O–H groups in total. The van der Waals surface area contributed by atoms with Crippen molar-refractivity contribution >= 4 is 16.8 Å². The van der Waals surface area contributed by atoms with E-state index >= 15 is 0 Å². The lowest BCUT2D eigenvalue weighted by atomic mass is 9.90. The van der Waals surface area contributed by atoms with Crippen molar-refractivity contribution in [2.24, 2.45) is 0 Å². The maximum atomic E-state index is 13.2. The summed E-state index contributed by atoms with van der Waals surface area (Å²) in [5, 5.41) is 12.4. The zero-order valence-electron chi connectivity index (χ0n) is 15.8. The number of nitrogens with zero attached hydrogens (tertiary/aromatic N) is 4. The summed E-state index contributed by atoms with van der Waals surface area (Å²) in [5.74, 6) is 0.663. The molecule has 5 rings (SSSR count). The van der Waals surface area contributed by atoms with Gasteiger partial charge in [0.05, 0.1) is 24.3 Å². The van der Waals surface area contributed by atoms with Crippen LogP contribution in [0, 0.1) is 0 Å². The van der Waals surface area contributed by atoms with Gasteiger partial charge >= 0.3 is 0 Å². The molecular formula is C21H23N5O2. The molecule has 2 aliphatic heterocycles. The number of morpholine rings is 1. The highest BCUT2D eigenvalue weighted by Crippen LogP contribution is 2.28. The Balaban J connectivity index is 1.44. The summed E-state index contributed by atoms with van der Waals surface area (Å²) in [6.45, 7) is 1.48. The van der Waals surface area contributed by atoms with Gasteiger partial charge in [0.15, 0.2) is 5.82 Å². The molecule has 2 bridgehead atoms. The van der Waals surface area contributed by atoms with Crippen molar-refractivity contribution in [3.05, 3.63) is 54.4 Å². The summed E-state index contributed by atoms with van der Waals surface area (Å²) in [7, 11) is 2.16. The Kier molecular flexibility index (Phi) is 4.33. The average Bonchev–Trinajstić information content (AvgIpc) is 3.09. The minimum absolute atomic E-state index is 0.0348. The molecule has 2 fully saturated rings. The summed E-state index contributed by atoms with van der Waals surface area (Å²) in [6, 6.07) is 12.5. The highest BCUT2D eigenvalue weighted by Gasteiger charge is 2.37. The standard InChI is InChI=1S/C21H23N5O2/c1-25-15-9-14(10-16(25)13-28-12-15)23-21(27)18-11-26(20-7-4-8-22-24-20)19-6-3-2-5-17(18)19/h2-8,11,14-16H,9-10,12-13H2,1H3,(H,23,27)/t14?,15-,16+. The maximum Gasteiger partial charge on any atom is 0.253 e. The van der Waals surface area contributed by atoms with Gasteiger partial charge in [-0.05, 0) is 38.1 Å². The molecule has 1 amide bonds. The molecule has 7 heteroatoms. The number of carbonyl (C=O) groups excluding carboxylic acids is 1. The van der Waals surface area contributed by atoms with Gasteiger partial charge in [-0.25, -0.2) is 0 Å². The second-order valence-electron chi connectivity index (χ2n) is 7.66. The van der Waals surface area contributed by atoms with Gasteiger partial charge in [-0.2, -0.15) is 5.10 Å². The van der Waals surface area contributed by atoms with Crippen LogP contribution in [0.2, 0.25) is 0 Å². The van der Waals surface area contributed by atoms with Crippen molar-refractivity contribution in [1.82, 2.24) is 25.0 Å². The largest absolute Gasteiger partial charge is 0.378 e. The van der Waals surface area contributed by atoms with Gasteiger partial charge in [-0.1, -0.05) is 18.2 Å². The minimum atomic E-state index is -0.0348. The van der Waals surface area contributed by atoms with Crippen LogP contribution < -0.4 is 5.32 Å². The van der Waals surface area contributed by atoms with E-state index in [1.807, 2.05) is 47.2 Å². The Morgan fingerprint density at radius 2 is 1.93 bits per heavy atom. The first kappa shape index (κ1) is 17.3. The average molecular weight is 377 g/mol. The molecule has 0 spiro atoms. The number of ether oxygens (including phenoxy) is 1. The van der Waals surface area contributed by atoms with Crippen LogP contribution in [0.25, 0.3) is 16.7 Å². The predicted molar refractivity (Wildman–Crippen MR) is 106 cm³/mol. The molecular weight excluding hydrogens is 354 g/mol. The summed E-state index contributed by atoms with van der Waals surface area (Å²) in [5.41, 5.74) is 1.61. The van der Waals surface area contributed by atoms with Crippen molar-refractivity contribution in [3.63, 3.8) is 0 Å². The number of benzene rings is 1. The fourth-order valence-corrected chi connectivity index (χ4v) is 4.45. The molecule has 0 saturated carbocycles. The Morgan fingerprint density at radius 1 is 1.14 bits per heavy atom. The van der Waals surface area contributed by atoms with E-state index in [0.717, 1.165) is 37.0 Å². The van der Waals surface area contributed by atoms with E-state index in [2.05, 4.69) is 27.5 Å². The topological polar surface area (TPSA) is 72.3 Å². The molecule has 0 radical (unpaired) electrons. The molecule has 1 aromatic carbocycles. The molecule has 0 aliphatic carbocycles. The van der Waals surface area contributed by atoms with Gasteiger partial charge in [0, 0.05) is 35.9 Å². The van der Waals surface area contributed by atoms with E-state index in [4.69, 9.17) is 4.74 Å². The van der Waals surface area contributed by atoms with Crippen LogP contribution in [0.3, 0.4) is 0 Å². The maximum absolute atomic E-state index is 13.2. The van der Waals surface area contributed by atoms with Gasteiger partial charge in [0.1, 0.15) is 0 Å². The molecule has 2 aromatic heterocycles. The zero-order valence-corrected chi connectivity index (χ0v) is 15.8. The Morgan fingerprint density at radius 3 is 2.68 bits per heavy atom. The normalized spacial score (nSPS) is 25.0. The Bertz CT molecular complexity index is 988. The van der Waals surface area contributed by atoms with Gasteiger partial charge in [0.2, 0.25) is 0 Å². The van der Waals surface area contributed by atoms with E-state index in [1.54, 1.807) is 6.20 Å². The molecule has 144 valence electrons. The van der Waals surface area contributed by atoms with Gasteiger partial charge in [-0.3, -0.25) is 14.3 Å². The number of nitrogens with one attached hydrogen (secondary N) is 1. The molecule has 1 unspecified atom stereocenters. The van der Waals surface area contributed by atoms with E-state index in [-0.39, 0.29) is 11.9 Å². The van der Waals surface area contributed by atoms with Crippen molar-refractivity contribution in [3.8, 4) is 5.82 Å². The number of likely N-dealkylation sites (N-methyl/N-ethyl adjacent to an activating group) is 1. The first-order valence-corrected chi connectivity index (χ1v) is 9.69. The number of fused-ring (bicyclic) bond motifs is 3. The van der Waals surface area contributed by atoms with Crippen LogP contribution in [-0.2, 0) is 4.74 Å². The molecule has 7 nitrogen and oxygen atoms in total. The van der Waals surface area contributed by atoms with E-state index in [9.17, 15) is 4.79 Å². The fraction of sp³-hybridized carbons (Fsp3) is 0.381. The molecule has 3 aromatic rings. The Labute approximate surface area is 163 Å². The van der Waals surface area contributed by atoms with Crippen LogP contribution in [-0.4, -0.2) is 64.0 Å². The third-order valence-corrected chi connectivity index (χ3v) is 5.98. The number of para-hydroxylation sites is 1. The van der Waals surface area contributed by atoms with Crippen molar-refractivity contribution < 1.29 is 9.53 Å². The van der Waals surface area contributed by atoms with Crippen molar-refractivity contribution in [2.45, 2.75) is 31.0 Å². The lowest BCUT2D eigenvalue weighted by molar-refractivity contribution is -0.0670. The van der Waals surface area contributed by atoms with Crippen LogP contribution in [0.4, 0.5) is 0 Å². The van der Waals surface area contributed by atoms with Crippen LogP contribution in [0.15, 0.2) is 48.8 Å². The van der Waals surface area contributed by atoms with Gasteiger partial charge in [-0.15, -0.1) is 5.10 Å². The van der Waals surface area contributed by atoms with E-state index in [0.29, 0.717) is 23.5 Å². The number of piperidine rings is 1. The van der Waals surface area contributed by atoms with Crippen LogP contribution >= 0.6 is 0 Å². The van der Waals surface area contributed by atoms with E-state index in [1.165, 1.54) is 0 Å². The zero-order chi connectivity index (χ0) is 19.1. The number of amides is 1. The van der Waals surface area contributed by atoms with Crippen LogP contribution in [0.5, 0.6) is 0 Å². The van der Waals surface area contributed by atoms with Gasteiger partial charge in [0.25, 0.3) is 5.91 Å². The first-order valence-electron chi connectivity index (χ1n) is 9.69. The summed E-state index contributed by atoms with van der Waals surface area (Å²) < 4.78 is 7.61. The molecule has 28 heavy (non-hydrogen) atoms. The molecule has 2 saturated heterocycles. The quantitative estimate of drug-likeness (QED) is 0.756. The Hall–Kier alpha value is -2.77. The number of hydrogen-bond acceptors (Lipinski definition) is 5. The summed E-state index contributed by atoms with van der Waals surface area (Å²) >= 11 is 0. The smallest absolute Gasteiger partial charge is 0.253 e. The third-order valence-electron chi connectivity index (χ3n) is 5.98. The fourth-order valence-electron chi connectivity index (χ4n) is 4.45. The predicted octanol–water partition coefficient (Wildman–Crippen LogP) is 2.01. The molecule has 3 atom stereocenters. The summed E-state index contributed by atoms with van der Waals surface area (Å²) in [4.78, 5) is 15.6. The monoisotopic (exact) mass is 377 g/mol. The second kappa shape index (κ2) is 7.00.